The smallest absolute Gasteiger partial charge is 0.237 e. The van der Waals surface area contributed by atoms with Crippen LogP contribution in [0.5, 0.6) is 11.5 Å². The fraction of sp³-hybridized carbons (Fsp3) is 0.500. The first-order valence-corrected chi connectivity index (χ1v) is 8.82. The standard InChI is InChI=1S/C16H22N2O3S2/c1-11(23-16(22)18-8-4-5-9-18)15(19)17-12-6-7-13(20-2)14(10-12)21-3/h6-7,10-11H,4-5,8-9H2,1-3H3,(H,17,19)/t11-/m1/s1. The SMILES string of the molecule is COc1ccc(NC(=O)[C@@H](C)SC(=S)N2CCCC2)cc1OC. The number of methoxy groups -OCH3 is 2. The van der Waals surface area contributed by atoms with Crippen molar-refractivity contribution in [2.45, 2.75) is 25.0 Å². The number of thioether (sulfide) groups is 1. The number of likely N-dealkylation sites (tertiary alicyclic amines) is 1. The Balaban J connectivity index is 1.93. The first kappa shape index (κ1) is 17.9. The fourth-order valence-electron chi connectivity index (χ4n) is 2.34. The van der Waals surface area contributed by atoms with Gasteiger partial charge in [-0.3, -0.25) is 4.79 Å². The highest BCUT2D eigenvalue weighted by atomic mass is 32.2. The summed E-state index contributed by atoms with van der Waals surface area (Å²) in [7, 11) is 3.14. The van der Waals surface area contributed by atoms with E-state index in [1.807, 2.05) is 6.92 Å². The first-order chi connectivity index (χ1) is 11.0. The van der Waals surface area contributed by atoms with E-state index in [0.29, 0.717) is 17.2 Å². The summed E-state index contributed by atoms with van der Waals surface area (Å²) in [5, 5.41) is 2.64. The molecule has 1 heterocycles. The number of carbonyl (C=O) groups excluding carboxylic acids is 1. The third-order valence-corrected chi connectivity index (χ3v) is 5.24. The topological polar surface area (TPSA) is 50.8 Å². The van der Waals surface area contributed by atoms with Gasteiger partial charge in [0, 0.05) is 24.8 Å². The molecular weight excluding hydrogens is 332 g/mol. The number of rotatable bonds is 5. The van der Waals surface area contributed by atoms with E-state index in [0.717, 1.165) is 17.4 Å². The van der Waals surface area contributed by atoms with Gasteiger partial charge in [0.2, 0.25) is 5.91 Å². The highest BCUT2D eigenvalue weighted by molar-refractivity contribution is 8.23. The number of thiocarbonyl (C=S) groups is 1. The summed E-state index contributed by atoms with van der Waals surface area (Å²) >= 11 is 6.85. The van der Waals surface area contributed by atoms with Crippen LogP contribution in [-0.4, -0.2) is 47.7 Å². The van der Waals surface area contributed by atoms with Gasteiger partial charge in [0.05, 0.1) is 19.5 Å². The van der Waals surface area contributed by atoms with Crippen molar-refractivity contribution in [3.8, 4) is 11.5 Å². The number of nitrogens with one attached hydrogen (secondary N) is 1. The maximum atomic E-state index is 12.3. The lowest BCUT2D eigenvalue weighted by atomic mass is 10.2. The summed E-state index contributed by atoms with van der Waals surface area (Å²) in [6.07, 6.45) is 2.35. The number of ether oxygens (including phenoxy) is 2. The molecule has 126 valence electrons. The molecule has 1 amide bonds. The summed E-state index contributed by atoms with van der Waals surface area (Å²) < 4.78 is 11.2. The molecule has 0 aliphatic carbocycles. The van der Waals surface area contributed by atoms with Crippen LogP contribution in [0.1, 0.15) is 19.8 Å². The highest BCUT2D eigenvalue weighted by Crippen LogP contribution is 2.30. The van der Waals surface area contributed by atoms with E-state index in [4.69, 9.17) is 21.7 Å². The van der Waals surface area contributed by atoms with Gasteiger partial charge < -0.3 is 19.7 Å². The van der Waals surface area contributed by atoms with E-state index in [1.165, 1.54) is 24.6 Å². The minimum absolute atomic E-state index is 0.0798. The van der Waals surface area contributed by atoms with Crippen LogP contribution in [0, 0.1) is 0 Å². The van der Waals surface area contributed by atoms with E-state index in [9.17, 15) is 4.79 Å². The second-order valence-electron chi connectivity index (χ2n) is 5.28. The zero-order valence-electron chi connectivity index (χ0n) is 13.6. The van der Waals surface area contributed by atoms with Crippen LogP contribution in [0.25, 0.3) is 0 Å². The molecule has 1 N–H and O–H groups in total. The molecule has 0 spiro atoms. The molecule has 1 aromatic rings. The fourth-order valence-corrected chi connectivity index (χ4v) is 3.75. The lowest BCUT2D eigenvalue weighted by Crippen LogP contribution is -2.29. The summed E-state index contributed by atoms with van der Waals surface area (Å²) in [6, 6.07) is 5.30. The van der Waals surface area contributed by atoms with Crippen molar-refractivity contribution in [3.63, 3.8) is 0 Å². The lowest BCUT2D eigenvalue weighted by Gasteiger charge is -2.20. The quantitative estimate of drug-likeness (QED) is 0.820. The summed E-state index contributed by atoms with van der Waals surface area (Å²) in [5.41, 5.74) is 0.673. The van der Waals surface area contributed by atoms with Crippen molar-refractivity contribution in [2.24, 2.45) is 0 Å². The molecule has 1 aromatic carbocycles. The van der Waals surface area contributed by atoms with E-state index in [1.54, 1.807) is 32.4 Å². The molecule has 0 aromatic heterocycles. The second kappa shape index (κ2) is 8.40. The number of hydrogen-bond donors (Lipinski definition) is 1. The van der Waals surface area contributed by atoms with Crippen LogP contribution >= 0.6 is 24.0 Å². The molecule has 5 nitrogen and oxygen atoms in total. The third-order valence-electron chi connectivity index (χ3n) is 3.66. The molecule has 0 bridgehead atoms. The van der Waals surface area contributed by atoms with Gasteiger partial charge in [-0.05, 0) is 31.9 Å². The average molecular weight is 354 g/mol. The molecule has 0 saturated carbocycles. The number of amides is 1. The van der Waals surface area contributed by atoms with E-state index in [-0.39, 0.29) is 11.2 Å². The predicted molar refractivity (Wildman–Crippen MR) is 98.6 cm³/mol. The molecule has 0 unspecified atom stereocenters. The van der Waals surface area contributed by atoms with Gasteiger partial charge in [-0.25, -0.2) is 0 Å². The number of nitrogens with zero attached hydrogens (tertiary/aromatic N) is 1. The molecule has 2 rings (SSSR count). The van der Waals surface area contributed by atoms with Crippen molar-refractivity contribution in [2.75, 3.05) is 32.6 Å². The van der Waals surface area contributed by atoms with Crippen LogP contribution in [0.4, 0.5) is 5.69 Å². The van der Waals surface area contributed by atoms with E-state index >= 15 is 0 Å². The minimum atomic E-state index is -0.254. The highest BCUT2D eigenvalue weighted by Gasteiger charge is 2.21. The first-order valence-electron chi connectivity index (χ1n) is 7.53. The minimum Gasteiger partial charge on any atom is -0.493 e. The van der Waals surface area contributed by atoms with Crippen molar-refractivity contribution < 1.29 is 14.3 Å². The van der Waals surface area contributed by atoms with Gasteiger partial charge in [-0.2, -0.15) is 0 Å². The maximum Gasteiger partial charge on any atom is 0.237 e. The van der Waals surface area contributed by atoms with Gasteiger partial charge in [0.25, 0.3) is 0 Å². The van der Waals surface area contributed by atoms with Crippen molar-refractivity contribution in [1.29, 1.82) is 0 Å². The molecule has 1 fully saturated rings. The third kappa shape index (κ3) is 4.75. The Labute approximate surface area is 146 Å². The number of hydrogen-bond acceptors (Lipinski definition) is 5. The van der Waals surface area contributed by atoms with Gasteiger partial charge in [0.15, 0.2) is 11.5 Å². The van der Waals surface area contributed by atoms with E-state index < -0.39 is 0 Å². The van der Waals surface area contributed by atoms with Crippen LogP contribution < -0.4 is 14.8 Å². The average Bonchev–Trinajstić information content (AvgIpc) is 3.09. The Morgan fingerprint density at radius 1 is 1.26 bits per heavy atom. The largest absolute Gasteiger partial charge is 0.493 e. The monoisotopic (exact) mass is 354 g/mol. The Hall–Kier alpha value is -1.47. The molecule has 23 heavy (non-hydrogen) atoms. The number of benzene rings is 1. The van der Waals surface area contributed by atoms with Crippen LogP contribution in [0.15, 0.2) is 18.2 Å². The molecule has 1 aliphatic heterocycles. The molecular formula is C16H22N2O3S2. The summed E-state index contributed by atoms with van der Waals surface area (Å²) in [4.78, 5) is 14.5. The van der Waals surface area contributed by atoms with Gasteiger partial charge in [-0.1, -0.05) is 24.0 Å². The van der Waals surface area contributed by atoms with E-state index in [2.05, 4.69) is 10.2 Å². The van der Waals surface area contributed by atoms with Crippen molar-refractivity contribution in [3.05, 3.63) is 18.2 Å². The van der Waals surface area contributed by atoms with Gasteiger partial charge in [0.1, 0.15) is 4.32 Å². The Morgan fingerprint density at radius 3 is 2.52 bits per heavy atom. The maximum absolute atomic E-state index is 12.3. The molecule has 1 saturated heterocycles. The Morgan fingerprint density at radius 2 is 1.91 bits per heavy atom. The number of carbonyl (C=O) groups is 1. The molecule has 1 atom stereocenters. The van der Waals surface area contributed by atoms with Crippen LogP contribution in [-0.2, 0) is 4.79 Å². The predicted octanol–water partition coefficient (Wildman–Crippen LogP) is 3.14. The van der Waals surface area contributed by atoms with Crippen molar-refractivity contribution in [1.82, 2.24) is 4.90 Å². The van der Waals surface area contributed by atoms with Gasteiger partial charge >= 0.3 is 0 Å². The zero-order chi connectivity index (χ0) is 16.8. The van der Waals surface area contributed by atoms with Gasteiger partial charge in [-0.15, -0.1) is 0 Å². The molecule has 0 radical (unpaired) electrons. The molecule has 1 aliphatic rings. The Bertz CT molecular complexity index is 574. The Kier molecular flexibility index (Phi) is 6.53. The normalized spacial score (nSPS) is 15.2. The lowest BCUT2D eigenvalue weighted by molar-refractivity contribution is -0.115. The second-order valence-corrected chi connectivity index (χ2v) is 7.25. The van der Waals surface area contributed by atoms with Crippen LogP contribution in [0.3, 0.4) is 0 Å². The number of anilines is 1. The summed E-state index contributed by atoms with van der Waals surface area (Å²) in [6.45, 7) is 3.86. The molecule has 7 heteroatoms. The van der Waals surface area contributed by atoms with Crippen molar-refractivity contribution >= 4 is 39.9 Å². The zero-order valence-corrected chi connectivity index (χ0v) is 15.3. The summed E-state index contributed by atoms with van der Waals surface area (Å²) in [5.74, 6) is 1.13. The van der Waals surface area contributed by atoms with Crippen LogP contribution in [0.2, 0.25) is 0 Å².